The summed E-state index contributed by atoms with van der Waals surface area (Å²) < 4.78 is 9.91. The lowest BCUT2D eigenvalue weighted by Gasteiger charge is -2.28. The molecule has 7 nitrogen and oxygen atoms in total. The van der Waals surface area contributed by atoms with Crippen LogP contribution in [0.4, 0.5) is 0 Å². The molecule has 1 aromatic heterocycles. The minimum atomic E-state index is -1.01. The summed E-state index contributed by atoms with van der Waals surface area (Å²) in [6.45, 7) is 10.3. The number of ether oxygens (including phenoxy) is 2. The molecule has 1 heterocycles. The Kier molecular flexibility index (Phi) is 6.67. The number of carbonyl (C=O) groups excluding carboxylic acids is 2. The molecule has 0 fully saturated rings. The molecule has 1 aromatic rings. The summed E-state index contributed by atoms with van der Waals surface area (Å²) in [4.78, 5) is 31.9. The van der Waals surface area contributed by atoms with Gasteiger partial charge in [0, 0.05) is 34.9 Å². The molecule has 1 rings (SSSR count). The van der Waals surface area contributed by atoms with Gasteiger partial charge in [0.1, 0.15) is 23.7 Å². The Balaban J connectivity index is 3.27. The van der Waals surface area contributed by atoms with E-state index in [0.29, 0.717) is 22.7 Å². The number of aliphatic imine (C=N–C) groups is 1. The van der Waals surface area contributed by atoms with Gasteiger partial charge in [0.2, 0.25) is 0 Å². The highest BCUT2D eigenvalue weighted by Crippen LogP contribution is 2.37. The topological polar surface area (TPSA) is 101 Å². The van der Waals surface area contributed by atoms with Crippen LogP contribution in [0.5, 0.6) is 5.75 Å². The maximum Gasteiger partial charge on any atom is 0.336 e. The Morgan fingerprint density at radius 3 is 2.48 bits per heavy atom. The number of pyridine rings is 1. The van der Waals surface area contributed by atoms with E-state index in [0.717, 1.165) is 0 Å². The van der Waals surface area contributed by atoms with Gasteiger partial charge in [0.25, 0.3) is 0 Å². The summed E-state index contributed by atoms with van der Waals surface area (Å²) in [5, 5.41) is 11.2. The van der Waals surface area contributed by atoms with Crippen molar-refractivity contribution in [1.29, 1.82) is 0 Å². The minimum Gasteiger partial charge on any atom is -0.604 e. The second-order valence-electron chi connectivity index (χ2n) is 6.68. The van der Waals surface area contributed by atoms with E-state index < -0.39 is 23.5 Å². The normalized spacial score (nSPS) is 13.3. The SMILES string of the molecule is COC([O-])=NC(C)C(=O)Oc1cc(C)nc(C)c1C(C)(C)CC(C)=O. The van der Waals surface area contributed by atoms with Crippen LogP contribution in [0, 0.1) is 13.8 Å². The fourth-order valence-corrected chi connectivity index (χ4v) is 2.86. The zero-order valence-electron chi connectivity index (χ0n) is 15.8. The van der Waals surface area contributed by atoms with Crippen molar-refractivity contribution >= 4 is 17.8 Å². The molecule has 0 radical (unpaired) electrons. The van der Waals surface area contributed by atoms with Crippen molar-refractivity contribution in [2.45, 2.75) is 59.4 Å². The number of nitrogens with zero attached hydrogens (tertiary/aromatic N) is 2. The van der Waals surface area contributed by atoms with Gasteiger partial charge in [0.15, 0.2) is 0 Å². The first kappa shape index (κ1) is 20.6. The predicted octanol–water partition coefficient (Wildman–Crippen LogP) is 1.61. The van der Waals surface area contributed by atoms with Crippen LogP contribution in [0.15, 0.2) is 11.1 Å². The fourth-order valence-electron chi connectivity index (χ4n) is 2.86. The molecule has 138 valence electrons. The number of esters is 1. The Labute approximate surface area is 148 Å². The number of rotatable bonds is 6. The first-order valence-electron chi connectivity index (χ1n) is 7.96. The average Bonchev–Trinajstić information content (AvgIpc) is 2.44. The van der Waals surface area contributed by atoms with E-state index in [1.54, 1.807) is 13.0 Å². The number of carbonyl (C=O) groups is 2. The van der Waals surface area contributed by atoms with Gasteiger partial charge in [-0.1, -0.05) is 13.8 Å². The molecular formula is C18H25N2O5-. The summed E-state index contributed by atoms with van der Waals surface area (Å²) in [7, 11) is 1.18. The number of methoxy groups -OCH3 is 1. The molecule has 0 bridgehead atoms. The maximum absolute atomic E-state index is 12.3. The van der Waals surface area contributed by atoms with Crippen molar-refractivity contribution in [1.82, 2.24) is 4.98 Å². The lowest BCUT2D eigenvalue weighted by Crippen LogP contribution is -2.29. The molecule has 0 aliphatic heterocycles. The number of Topliss-reactive ketones (excluding diaryl/α,β-unsaturated/α-hetero) is 1. The van der Waals surface area contributed by atoms with Gasteiger partial charge >= 0.3 is 5.97 Å². The van der Waals surface area contributed by atoms with E-state index in [1.807, 2.05) is 20.8 Å². The summed E-state index contributed by atoms with van der Waals surface area (Å²) in [6, 6.07) is 0.637. The van der Waals surface area contributed by atoms with Gasteiger partial charge < -0.3 is 14.6 Å². The lowest BCUT2D eigenvalue weighted by atomic mass is 9.79. The molecule has 0 saturated carbocycles. The monoisotopic (exact) mass is 349 g/mol. The summed E-state index contributed by atoms with van der Waals surface area (Å²) in [5.74, 6) is -0.334. The van der Waals surface area contributed by atoms with Crippen molar-refractivity contribution in [2.24, 2.45) is 4.99 Å². The van der Waals surface area contributed by atoms with Crippen LogP contribution >= 0.6 is 0 Å². The van der Waals surface area contributed by atoms with Gasteiger partial charge in [-0.3, -0.25) is 14.8 Å². The first-order chi connectivity index (χ1) is 11.5. The molecular weight excluding hydrogens is 324 g/mol. The summed E-state index contributed by atoms with van der Waals surface area (Å²) in [6.07, 6.45) is -0.561. The maximum atomic E-state index is 12.3. The molecule has 0 amide bonds. The predicted molar refractivity (Wildman–Crippen MR) is 91.6 cm³/mol. The van der Waals surface area contributed by atoms with Crippen molar-refractivity contribution in [3.8, 4) is 5.75 Å². The van der Waals surface area contributed by atoms with Gasteiger partial charge in [-0.25, -0.2) is 4.79 Å². The van der Waals surface area contributed by atoms with Crippen LogP contribution in [0.25, 0.3) is 0 Å². The van der Waals surface area contributed by atoms with Gasteiger partial charge in [-0.2, -0.15) is 0 Å². The zero-order valence-corrected chi connectivity index (χ0v) is 15.8. The van der Waals surface area contributed by atoms with Gasteiger partial charge in [-0.15, -0.1) is 0 Å². The highest BCUT2D eigenvalue weighted by Gasteiger charge is 2.30. The highest BCUT2D eigenvalue weighted by molar-refractivity contribution is 5.81. The van der Waals surface area contributed by atoms with Crippen LogP contribution in [0.3, 0.4) is 0 Å². The molecule has 0 aliphatic rings. The third kappa shape index (κ3) is 5.55. The van der Waals surface area contributed by atoms with E-state index in [-0.39, 0.29) is 12.2 Å². The third-order valence-corrected chi connectivity index (χ3v) is 3.69. The lowest BCUT2D eigenvalue weighted by molar-refractivity contribution is -0.248. The van der Waals surface area contributed by atoms with Crippen LogP contribution in [0.2, 0.25) is 0 Å². The van der Waals surface area contributed by atoms with E-state index in [2.05, 4.69) is 14.7 Å². The Morgan fingerprint density at radius 2 is 1.96 bits per heavy atom. The standard InChI is InChI=1S/C18H26N2O5/c1-10-8-14(25-16(22)13(4)20-17(23)24-7)15(12(3)19-10)18(5,6)9-11(2)21/h8,13H,9H2,1-7H3,(H,20,23)/p-1. The van der Waals surface area contributed by atoms with E-state index in [4.69, 9.17) is 4.74 Å². The molecule has 25 heavy (non-hydrogen) atoms. The number of ketones is 1. The van der Waals surface area contributed by atoms with Crippen molar-refractivity contribution in [2.75, 3.05) is 7.11 Å². The van der Waals surface area contributed by atoms with Gasteiger partial charge in [-0.05, 0) is 34.8 Å². The van der Waals surface area contributed by atoms with Crippen LogP contribution in [-0.2, 0) is 19.7 Å². The number of hydrogen-bond acceptors (Lipinski definition) is 7. The molecule has 0 aliphatic carbocycles. The van der Waals surface area contributed by atoms with E-state index in [9.17, 15) is 14.7 Å². The Hall–Kier alpha value is -2.44. The third-order valence-electron chi connectivity index (χ3n) is 3.69. The molecule has 0 saturated heterocycles. The number of aromatic nitrogens is 1. The molecule has 0 spiro atoms. The number of hydrogen-bond donors (Lipinski definition) is 0. The van der Waals surface area contributed by atoms with E-state index >= 15 is 0 Å². The number of aryl methyl sites for hydroxylation is 2. The molecule has 0 aromatic carbocycles. The van der Waals surface area contributed by atoms with Crippen LogP contribution < -0.4 is 9.84 Å². The largest absolute Gasteiger partial charge is 0.604 e. The van der Waals surface area contributed by atoms with Crippen molar-refractivity contribution in [3.05, 3.63) is 23.0 Å². The second-order valence-corrected chi connectivity index (χ2v) is 6.68. The fraction of sp³-hybridized carbons (Fsp3) is 0.556. The van der Waals surface area contributed by atoms with Crippen molar-refractivity contribution < 1.29 is 24.2 Å². The molecule has 1 unspecified atom stereocenters. The van der Waals surface area contributed by atoms with Crippen LogP contribution in [-0.4, -0.2) is 36.0 Å². The highest BCUT2D eigenvalue weighted by atomic mass is 16.6. The summed E-state index contributed by atoms with van der Waals surface area (Å²) >= 11 is 0. The summed E-state index contributed by atoms with van der Waals surface area (Å²) in [5.41, 5.74) is 1.49. The average molecular weight is 349 g/mol. The molecule has 0 N–H and O–H groups in total. The first-order valence-corrected chi connectivity index (χ1v) is 7.96. The smallest absolute Gasteiger partial charge is 0.336 e. The minimum absolute atomic E-state index is 0.0244. The van der Waals surface area contributed by atoms with Crippen molar-refractivity contribution in [3.63, 3.8) is 0 Å². The molecule has 1 atom stereocenters. The Morgan fingerprint density at radius 1 is 1.36 bits per heavy atom. The van der Waals surface area contributed by atoms with Gasteiger partial charge in [0.05, 0.1) is 0 Å². The second kappa shape index (κ2) is 8.09. The Bertz CT molecular complexity index is 695. The zero-order chi connectivity index (χ0) is 19.4. The van der Waals surface area contributed by atoms with E-state index in [1.165, 1.54) is 21.0 Å². The van der Waals surface area contributed by atoms with Crippen LogP contribution in [0.1, 0.15) is 51.1 Å². The quantitative estimate of drug-likeness (QED) is 0.439. The molecule has 7 heteroatoms.